The summed E-state index contributed by atoms with van der Waals surface area (Å²) in [7, 11) is 1.20. The normalized spacial score (nSPS) is 13.7. The van der Waals surface area contributed by atoms with Crippen LogP contribution in [0.3, 0.4) is 0 Å². The van der Waals surface area contributed by atoms with Gasteiger partial charge < -0.3 is 28.5 Å². The number of amides is 1. The molecule has 1 amide bonds. The van der Waals surface area contributed by atoms with E-state index >= 15 is 0 Å². The zero-order chi connectivity index (χ0) is 55.7. The number of unbranched alkanes of at least 4 members (excludes halogenated alkanes) is 43. The lowest BCUT2D eigenvalue weighted by Gasteiger charge is -2.30. The van der Waals surface area contributed by atoms with E-state index in [0.29, 0.717) is 17.4 Å². The minimum atomic E-state index is -4.69. The van der Waals surface area contributed by atoms with E-state index in [1.54, 1.807) is 0 Å². The number of phosphoric acid groups is 1. The summed E-state index contributed by atoms with van der Waals surface area (Å²) in [4.78, 5) is 40.0. The fraction of sp³-hybridized carbons (Fsp3) is 0.909. The van der Waals surface area contributed by atoms with Crippen molar-refractivity contribution in [3.63, 3.8) is 0 Å². The predicted molar refractivity (Wildman–Crippen MR) is 326 cm³/mol. The van der Waals surface area contributed by atoms with Crippen LogP contribution in [-0.4, -0.2) is 69.4 Å². The van der Waals surface area contributed by atoms with Crippen molar-refractivity contribution in [1.82, 2.24) is 5.32 Å². The maximum Gasteiger partial charge on any atom is 0.306 e. The third kappa shape index (κ3) is 57.2. The van der Waals surface area contributed by atoms with Gasteiger partial charge in [0.1, 0.15) is 19.3 Å². The Balaban J connectivity index is 5.09. The average Bonchev–Trinajstić information content (AvgIpc) is 3.38. The number of hydrogen-bond donors (Lipinski definition) is 1. The molecule has 76 heavy (non-hydrogen) atoms. The molecule has 10 heteroatoms. The van der Waals surface area contributed by atoms with Gasteiger partial charge in [-0.1, -0.05) is 289 Å². The van der Waals surface area contributed by atoms with Crippen molar-refractivity contribution < 1.29 is 37.3 Å². The van der Waals surface area contributed by atoms with E-state index in [1.165, 1.54) is 231 Å². The highest BCUT2D eigenvalue weighted by Gasteiger charge is 2.27. The second kappa shape index (κ2) is 56.8. The Bertz CT molecular complexity index is 1350. The molecule has 3 unspecified atom stereocenters. The van der Waals surface area contributed by atoms with E-state index in [2.05, 4.69) is 38.2 Å². The van der Waals surface area contributed by atoms with Crippen LogP contribution in [0.4, 0.5) is 0 Å². The first kappa shape index (κ1) is 74.5. The molecule has 0 aromatic rings. The van der Waals surface area contributed by atoms with Gasteiger partial charge in [-0.25, -0.2) is 0 Å². The fourth-order valence-electron chi connectivity index (χ4n) is 9.99. The Morgan fingerprint density at radius 1 is 0.447 bits per heavy atom. The van der Waals surface area contributed by atoms with E-state index < -0.39 is 20.0 Å². The van der Waals surface area contributed by atoms with Crippen molar-refractivity contribution in [3.8, 4) is 0 Å². The van der Waals surface area contributed by atoms with Crippen LogP contribution in [0.2, 0.25) is 0 Å². The number of carbonyl (C=O) groups is 2. The van der Waals surface area contributed by atoms with E-state index in [0.717, 1.165) is 70.6 Å². The summed E-state index contributed by atoms with van der Waals surface area (Å²) < 4.78 is 30.4. The van der Waals surface area contributed by atoms with Crippen molar-refractivity contribution in [2.75, 3.05) is 40.9 Å². The van der Waals surface area contributed by atoms with Crippen molar-refractivity contribution in [3.05, 3.63) is 24.3 Å². The molecule has 0 heterocycles. The molecule has 1 N–H and O–H groups in total. The van der Waals surface area contributed by atoms with Gasteiger partial charge in [0, 0.05) is 12.8 Å². The van der Waals surface area contributed by atoms with Gasteiger partial charge in [-0.05, 0) is 57.4 Å². The number of rotatable bonds is 61. The number of likely N-dealkylation sites (N-methyl/N-ethyl adjacent to an activating group) is 1. The summed E-state index contributed by atoms with van der Waals surface area (Å²) >= 11 is 0. The number of ether oxygens (including phenoxy) is 1. The van der Waals surface area contributed by atoms with Gasteiger partial charge in [0.15, 0.2) is 0 Å². The van der Waals surface area contributed by atoms with Gasteiger partial charge in [-0.15, -0.1) is 0 Å². The minimum Gasteiger partial charge on any atom is -0.756 e. The molecule has 0 spiro atoms. The molecule has 0 aromatic heterocycles. The van der Waals surface area contributed by atoms with E-state index in [9.17, 15) is 19.0 Å². The summed E-state index contributed by atoms with van der Waals surface area (Å²) in [6, 6.07) is -0.885. The quantitative estimate of drug-likeness (QED) is 0.0212. The Morgan fingerprint density at radius 3 is 1.13 bits per heavy atom. The zero-order valence-electron chi connectivity index (χ0n) is 51.5. The number of nitrogens with zero attached hydrogens (tertiary/aromatic N) is 1. The summed E-state index contributed by atoms with van der Waals surface area (Å²) in [6.07, 6.45) is 67.2. The maximum absolute atomic E-state index is 13.5. The molecule has 0 aliphatic heterocycles. The third-order valence-corrected chi connectivity index (χ3v) is 16.1. The van der Waals surface area contributed by atoms with Crippen molar-refractivity contribution in [1.29, 1.82) is 0 Å². The summed E-state index contributed by atoms with van der Waals surface area (Å²) in [5, 5.41) is 3.03. The topological polar surface area (TPSA) is 114 Å². The van der Waals surface area contributed by atoms with E-state index in [-0.39, 0.29) is 31.5 Å². The molecule has 0 saturated carbocycles. The molecule has 450 valence electrons. The highest BCUT2D eigenvalue weighted by atomic mass is 31.2. The molecule has 0 aliphatic rings. The number of hydrogen-bond acceptors (Lipinski definition) is 7. The Hall–Kier alpha value is -1.51. The van der Waals surface area contributed by atoms with Crippen LogP contribution in [0.25, 0.3) is 0 Å². The van der Waals surface area contributed by atoms with Gasteiger partial charge in [0.05, 0.1) is 33.8 Å². The number of nitrogens with one attached hydrogen (secondary N) is 1. The Kier molecular flexibility index (Phi) is 55.6. The first-order valence-electron chi connectivity index (χ1n) is 33.1. The number of esters is 1. The summed E-state index contributed by atoms with van der Waals surface area (Å²) in [6.45, 7) is 6.88. The molecule has 3 atom stereocenters. The number of carbonyl (C=O) groups excluding carboxylic acids is 2. The van der Waals surface area contributed by atoms with Gasteiger partial charge in [0.2, 0.25) is 5.91 Å². The van der Waals surface area contributed by atoms with Crippen molar-refractivity contribution >= 4 is 19.7 Å². The smallest absolute Gasteiger partial charge is 0.306 e. The van der Waals surface area contributed by atoms with Crippen LogP contribution in [0.15, 0.2) is 24.3 Å². The predicted octanol–water partition coefficient (Wildman–Crippen LogP) is 19.9. The lowest BCUT2D eigenvalue weighted by atomic mass is 10.0. The first-order chi connectivity index (χ1) is 36.9. The fourth-order valence-corrected chi connectivity index (χ4v) is 10.7. The second-order valence-electron chi connectivity index (χ2n) is 24.0. The molecule has 0 bridgehead atoms. The van der Waals surface area contributed by atoms with Gasteiger partial charge >= 0.3 is 5.97 Å². The first-order valence-corrected chi connectivity index (χ1v) is 34.6. The van der Waals surface area contributed by atoms with Gasteiger partial charge in [-0.2, -0.15) is 0 Å². The maximum atomic E-state index is 13.5. The molecule has 0 radical (unpaired) electrons. The van der Waals surface area contributed by atoms with Crippen LogP contribution in [0.1, 0.15) is 335 Å². The number of phosphoric ester groups is 1. The van der Waals surface area contributed by atoms with E-state index in [4.69, 9.17) is 13.8 Å². The number of allylic oxidation sites excluding steroid dienone is 3. The molecule has 0 rings (SSSR count). The number of quaternary nitrogens is 1. The van der Waals surface area contributed by atoms with Crippen molar-refractivity contribution in [2.24, 2.45) is 0 Å². The summed E-state index contributed by atoms with van der Waals surface area (Å²) in [5.74, 6) is -0.528. The zero-order valence-corrected chi connectivity index (χ0v) is 52.4. The lowest BCUT2D eigenvalue weighted by Crippen LogP contribution is -2.47. The molecule has 0 fully saturated rings. The molecule has 0 aliphatic carbocycles. The monoisotopic (exact) mass is 1090 g/mol. The Morgan fingerprint density at radius 2 is 0.763 bits per heavy atom. The van der Waals surface area contributed by atoms with Crippen LogP contribution < -0.4 is 10.2 Å². The highest BCUT2D eigenvalue weighted by Crippen LogP contribution is 2.38. The molecular formula is C66H129N2O7P. The average molecular weight is 1090 g/mol. The SMILES string of the molecule is CCCCCC/C=C\CCCCCCCCCC(=O)NC(COP(=O)([O-])OCC[N+](C)(C)C)C(/C=C\CCCCCCCCCCCC)OC(=O)CCCCCCCCCCCCCCCCCCCCCCCCC. The minimum absolute atomic E-state index is 0.0196. The summed E-state index contributed by atoms with van der Waals surface area (Å²) in [5.41, 5.74) is 0. The van der Waals surface area contributed by atoms with Crippen molar-refractivity contribution in [2.45, 2.75) is 348 Å². The lowest BCUT2D eigenvalue weighted by molar-refractivity contribution is -0.870. The Labute approximate surface area is 473 Å². The highest BCUT2D eigenvalue weighted by molar-refractivity contribution is 7.45. The van der Waals surface area contributed by atoms with Crippen LogP contribution in [0, 0.1) is 0 Å². The van der Waals surface area contributed by atoms with E-state index in [1.807, 2.05) is 33.3 Å². The molecule has 0 aromatic carbocycles. The van der Waals surface area contributed by atoms with Crippen LogP contribution in [0.5, 0.6) is 0 Å². The largest absolute Gasteiger partial charge is 0.756 e. The standard InChI is InChI=1S/C66H129N2O7P/c1-7-10-13-16-19-22-25-28-30-31-32-33-34-35-36-37-39-41-44-47-50-53-56-59-66(70)75-64(57-54-51-48-45-42-27-24-21-18-15-12-9-3)63(62-74-76(71,72)73-61-60-68(4,5)6)67-65(69)58-55-52-49-46-43-40-38-29-26-23-20-17-14-11-8-2/h23,26,54,57,63-64H,7-22,24-25,27-53,55-56,58-62H2,1-6H3,(H-,67,69,71,72)/b26-23-,57-54-. The molecule has 9 nitrogen and oxygen atoms in total. The second-order valence-corrected chi connectivity index (χ2v) is 25.4. The van der Waals surface area contributed by atoms with Gasteiger partial charge in [0.25, 0.3) is 7.82 Å². The molecule has 0 saturated heterocycles. The third-order valence-electron chi connectivity index (χ3n) is 15.1. The van der Waals surface area contributed by atoms with Crippen LogP contribution in [-0.2, 0) is 27.9 Å². The molecular weight excluding hydrogens is 964 g/mol. The van der Waals surface area contributed by atoms with Gasteiger partial charge in [-0.3, -0.25) is 14.2 Å². The van der Waals surface area contributed by atoms with Crippen LogP contribution >= 0.6 is 7.82 Å².